The van der Waals surface area contributed by atoms with Gasteiger partial charge in [0.05, 0.1) is 5.56 Å². The lowest BCUT2D eigenvalue weighted by Gasteiger charge is -2.34. The SMILES string of the molecule is CN(C(=O)CCc1ccc(C(=O)O)cc1)C1CCC1. The zero-order chi connectivity index (χ0) is 13.8. The molecule has 102 valence electrons. The third kappa shape index (κ3) is 3.34. The van der Waals surface area contributed by atoms with Crippen molar-refractivity contribution < 1.29 is 14.7 Å². The minimum Gasteiger partial charge on any atom is -0.478 e. The Morgan fingerprint density at radius 3 is 2.37 bits per heavy atom. The van der Waals surface area contributed by atoms with Crippen molar-refractivity contribution in [2.45, 2.75) is 38.1 Å². The van der Waals surface area contributed by atoms with Gasteiger partial charge in [0.1, 0.15) is 0 Å². The number of carbonyl (C=O) groups excluding carboxylic acids is 1. The van der Waals surface area contributed by atoms with E-state index in [2.05, 4.69) is 0 Å². The van der Waals surface area contributed by atoms with Gasteiger partial charge < -0.3 is 10.0 Å². The predicted molar refractivity (Wildman–Crippen MR) is 72.1 cm³/mol. The van der Waals surface area contributed by atoms with Gasteiger partial charge in [-0.3, -0.25) is 4.79 Å². The largest absolute Gasteiger partial charge is 0.478 e. The second-order valence-electron chi connectivity index (χ2n) is 5.09. The number of hydrogen-bond donors (Lipinski definition) is 1. The molecule has 0 radical (unpaired) electrons. The van der Waals surface area contributed by atoms with Crippen LogP contribution < -0.4 is 0 Å². The number of aryl methyl sites for hydroxylation is 1. The van der Waals surface area contributed by atoms with E-state index in [1.807, 2.05) is 11.9 Å². The summed E-state index contributed by atoms with van der Waals surface area (Å²) in [6, 6.07) is 7.15. The van der Waals surface area contributed by atoms with Crippen molar-refractivity contribution >= 4 is 11.9 Å². The van der Waals surface area contributed by atoms with E-state index in [0.717, 1.165) is 18.4 Å². The average Bonchev–Trinajstić information content (AvgIpc) is 2.34. The van der Waals surface area contributed by atoms with Crippen LogP contribution in [0.15, 0.2) is 24.3 Å². The van der Waals surface area contributed by atoms with E-state index >= 15 is 0 Å². The summed E-state index contributed by atoms with van der Waals surface area (Å²) >= 11 is 0. The molecule has 0 aromatic heterocycles. The van der Waals surface area contributed by atoms with E-state index in [1.165, 1.54) is 6.42 Å². The topological polar surface area (TPSA) is 57.6 Å². The van der Waals surface area contributed by atoms with Gasteiger partial charge in [0.2, 0.25) is 5.91 Å². The Kier molecular flexibility index (Phi) is 4.20. The monoisotopic (exact) mass is 261 g/mol. The average molecular weight is 261 g/mol. The smallest absolute Gasteiger partial charge is 0.335 e. The first-order valence-electron chi connectivity index (χ1n) is 6.66. The van der Waals surface area contributed by atoms with Crippen LogP contribution in [-0.4, -0.2) is 35.0 Å². The zero-order valence-corrected chi connectivity index (χ0v) is 11.1. The highest BCUT2D eigenvalue weighted by Crippen LogP contribution is 2.24. The first-order valence-corrected chi connectivity index (χ1v) is 6.66. The predicted octanol–water partition coefficient (Wildman–Crippen LogP) is 2.33. The van der Waals surface area contributed by atoms with Gasteiger partial charge in [-0.25, -0.2) is 4.79 Å². The minimum atomic E-state index is -0.924. The molecule has 0 aliphatic heterocycles. The Balaban J connectivity index is 1.84. The molecule has 1 aliphatic carbocycles. The molecule has 0 spiro atoms. The summed E-state index contributed by atoms with van der Waals surface area (Å²) in [7, 11) is 1.87. The molecule has 0 atom stereocenters. The summed E-state index contributed by atoms with van der Waals surface area (Å²) in [6.45, 7) is 0. The normalized spacial score (nSPS) is 14.8. The molecule has 0 saturated heterocycles. The first-order chi connectivity index (χ1) is 9.08. The van der Waals surface area contributed by atoms with Gasteiger partial charge in [-0.05, 0) is 43.4 Å². The second-order valence-corrected chi connectivity index (χ2v) is 5.09. The van der Waals surface area contributed by atoms with Crippen molar-refractivity contribution in [3.05, 3.63) is 35.4 Å². The molecule has 4 heteroatoms. The van der Waals surface area contributed by atoms with Crippen LogP contribution in [0, 0.1) is 0 Å². The number of benzene rings is 1. The van der Waals surface area contributed by atoms with Crippen molar-refractivity contribution in [3.63, 3.8) is 0 Å². The number of rotatable bonds is 5. The van der Waals surface area contributed by atoms with Gasteiger partial charge in [-0.15, -0.1) is 0 Å². The van der Waals surface area contributed by atoms with Crippen LogP contribution in [0.25, 0.3) is 0 Å². The van der Waals surface area contributed by atoms with Gasteiger partial charge >= 0.3 is 5.97 Å². The molecule has 0 heterocycles. The number of nitrogens with zero attached hydrogens (tertiary/aromatic N) is 1. The number of hydrogen-bond acceptors (Lipinski definition) is 2. The fraction of sp³-hybridized carbons (Fsp3) is 0.467. The van der Waals surface area contributed by atoms with Crippen LogP contribution in [0.4, 0.5) is 0 Å². The molecule has 1 aromatic rings. The van der Waals surface area contributed by atoms with Crippen LogP contribution in [0.3, 0.4) is 0 Å². The standard InChI is InChI=1S/C15H19NO3/c1-16(13-3-2-4-13)14(17)10-7-11-5-8-12(9-6-11)15(18)19/h5-6,8-9,13H,2-4,7,10H2,1H3,(H,18,19). The Hall–Kier alpha value is -1.84. The highest BCUT2D eigenvalue weighted by molar-refractivity contribution is 5.87. The summed E-state index contributed by atoms with van der Waals surface area (Å²) in [5.74, 6) is -0.751. The highest BCUT2D eigenvalue weighted by Gasteiger charge is 2.25. The van der Waals surface area contributed by atoms with Gasteiger partial charge in [-0.2, -0.15) is 0 Å². The van der Waals surface area contributed by atoms with Gasteiger partial charge in [0.15, 0.2) is 0 Å². The van der Waals surface area contributed by atoms with Crippen LogP contribution in [-0.2, 0) is 11.2 Å². The Morgan fingerprint density at radius 1 is 1.26 bits per heavy atom. The maximum absolute atomic E-state index is 12.0. The van der Waals surface area contributed by atoms with Crippen molar-refractivity contribution in [2.24, 2.45) is 0 Å². The molecule has 4 nitrogen and oxygen atoms in total. The molecule has 1 aliphatic rings. The summed E-state index contributed by atoms with van der Waals surface area (Å²) in [4.78, 5) is 24.5. The lowest BCUT2D eigenvalue weighted by Crippen LogP contribution is -2.41. The Bertz CT molecular complexity index is 463. The number of carboxylic acids is 1. The molecule has 1 N–H and O–H groups in total. The number of carboxylic acid groups (broad SMARTS) is 1. The van der Waals surface area contributed by atoms with E-state index < -0.39 is 5.97 Å². The molecular weight excluding hydrogens is 242 g/mol. The van der Waals surface area contributed by atoms with E-state index in [-0.39, 0.29) is 11.5 Å². The molecule has 2 rings (SSSR count). The molecule has 1 saturated carbocycles. The highest BCUT2D eigenvalue weighted by atomic mass is 16.4. The first kappa shape index (κ1) is 13.6. The van der Waals surface area contributed by atoms with Crippen molar-refractivity contribution in [2.75, 3.05) is 7.05 Å². The number of carbonyl (C=O) groups is 2. The number of amides is 1. The fourth-order valence-electron chi connectivity index (χ4n) is 2.22. The summed E-state index contributed by atoms with van der Waals surface area (Å²) in [6.07, 6.45) is 4.61. The van der Waals surface area contributed by atoms with Crippen LogP contribution >= 0.6 is 0 Å². The molecule has 0 bridgehead atoms. The van der Waals surface area contributed by atoms with E-state index in [9.17, 15) is 9.59 Å². The quantitative estimate of drug-likeness (QED) is 0.885. The van der Waals surface area contributed by atoms with E-state index in [4.69, 9.17) is 5.11 Å². The van der Waals surface area contributed by atoms with E-state index in [0.29, 0.717) is 18.9 Å². The molecule has 0 unspecified atom stereocenters. The zero-order valence-electron chi connectivity index (χ0n) is 11.1. The van der Waals surface area contributed by atoms with Crippen LogP contribution in [0.2, 0.25) is 0 Å². The molecular formula is C15H19NO3. The summed E-state index contributed by atoms with van der Waals surface area (Å²) in [5, 5.41) is 8.80. The summed E-state index contributed by atoms with van der Waals surface area (Å²) in [5.41, 5.74) is 1.28. The van der Waals surface area contributed by atoms with Crippen LogP contribution in [0.5, 0.6) is 0 Å². The molecule has 1 amide bonds. The van der Waals surface area contributed by atoms with Crippen molar-refractivity contribution in [1.82, 2.24) is 4.90 Å². The fourth-order valence-corrected chi connectivity index (χ4v) is 2.22. The van der Waals surface area contributed by atoms with Gasteiger partial charge in [-0.1, -0.05) is 12.1 Å². The van der Waals surface area contributed by atoms with Crippen LogP contribution in [0.1, 0.15) is 41.6 Å². The minimum absolute atomic E-state index is 0.173. The van der Waals surface area contributed by atoms with E-state index in [1.54, 1.807) is 24.3 Å². The van der Waals surface area contributed by atoms with Crippen molar-refractivity contribution in [1.29, 1.82) is 0 Å². The van der Waals surface area contributed by atoms with Gasteiger partial charge in [0.25, 0.3) is 0 Å². The maximum atomic E-state index is 12.0. The molecule has 1 aromatic carbocycles. The molecule has 1 fully saturated rings. The Labute approximate surface area is 113 Å². The van der Waals surface area contributed by atoms with Crippen molar-refractivity contribution in [3.8, 4) is 0 Å². The number of aromatic carboxylic acids is 1. The maximum Gasteiger partial charge on any atom is 0.335 e. The lowest BCUT2D eigenvalue weighted by molar-refractivity contribution is -0.133. The molecule has 19 heavy (non-hydrogen) atoms. The summed E-state index contributed by atoms with van der Waals surface area (Å²) < 4.78 is 0. The third-order valence-corrected chi connectivity index (χ3v) is 3.84. The van der Waals surface area contributed by atoms with Gasteiger partial charge in [0, 0.05) is 19.5 Å². The lowest BCUT2D eigenvalue weighted by atomic mass is 9.91. The second kappa shape index (κ2) is 5.87. The third-order valence-electron chi connectivity index (χ3n) is 3.84. The Morgan fingerprint density at radius 2 is 1.89 bits per heavy atom.